The van der Waals surface area contributed by atoms with Crippen LogP contribution in [0.4, 0.5) is 77.2 Å². The molecule has 0 spiro atoms. The average molecular weight is 856 g/mol. The van der Waals surface area contributed by atoms with E-state index in [1.807, 2.05) is 0 Å². The number of halogens is 16. The highest BCUT2D eigenvalue weighted by atomic mass is 79.9. The number of nitrogens with zero attached hydrogens (tertiary/aromatic N) is 2. The smallest absolute Gasteiger partial charge is 0.327 e. The molecule has 2 amide bonds. The minimum Gasteiger partial charge on any atom is -0.327 e. The number of amides is 2. The number of carbonyl (C=O) groups excluding carboxylic acids is 3. The van der Waals surface area contributed by atoms with Gasteiger partial charge in [-0.2, -0.15) is 52.7 Å². The maximum atomic E-state index is 16.0. The Morgan fingerprint density at radius 1 is 0.722 bits per heavy atom. The fourth-order valence-electron chi connectivity index (χ4n) is 4.40. The predicted molar refractivity (Wildman–Crippen MR) is 156 cm³/mol. The van der Waals surface area contributed by atoms with Crippen molar-refractivity contribution >= 4 is 45.1 Å². The van der Waals surface area contributed by atoms with E-state index in [1.54, 1.807) is 0 Å². The van der Waals surface area contributed by atoms with Crippen LogP contribution in [0.15, 0.2) is 77.4 Å². The number of alkyl halides is 13. The lowest BCUT2D eigenvalue weighted by atomic mass is 9.92. The topological polar surface area (TPSA) is 88.6 Å². The standard InChI is InChI=1S/C31H13BrF15N3O4/c32-19-11-15(27(35,30(42,43)44)31(45,46)47)10-18(28(36,37)38)23(19)49-24(51)17-2-1-3-20(22(17)34)50(54-26(53)13-4-7-16(33)8-5-13)25(52)14-6-9-21(48-12-14)29(39,40)41/h1-12H,(H,49,51). The first kappa shape index (κ1) is 41.4. The molecule has 1 aromatic heterocycles. The van der Waals surface area contributed by atoms with E-state index >= 15 is 4.39 Å². The molecule has 54 heavy (non-hydrogen) atoms. The van der Waals surface area contributed by atoms with Crippen LogP contribution in [0.3, 0.4) is 0 Å². The third-order valence-corrected chi connectivity index (χ3v) is 7.62. The SMILES string of the molecule is O=C(ON(C(=O)c1ccc(C(F)(F)F)nc1)c1cccc(C(=O)Nc2c(Br)cc(C(F)(C(F)(F)F)C(F)(F)F)cc2C(F)(F)F)c1F)c1ccc(F)cc1. The van der Waals surface area contributed by atoms with Crippen molar-refractivity contribution in [1.82, 2.24) is 4.98 Å². The van der Waals surface area contributed by atoms with Gasteiger partial charge in [0.1, 0.15) is 17.2 Å². The molecule has 0 aliphatic carbocycles. The Hall–Kier alpha value is -5.35. The molecule has 0 radical (unpaired) electrons. The van der Waals surface area contributed by atoms with Crippen molar-refractivity contribution < 1.29 is 85.1 Å². The van der Waals surface area contributed by atoms with Gasteiger partial charge >= 0.3 is 36.3 Å². The van der Waals surface area contributed by atoms with E-state index in [2.05, 4.69) is 20.9 Å². The van der Waals surface area contributed by atoms with Gasteiger partial charge in [0, 0.05) is 16.2 Å². The van der Waals surface area contributed by atoms with Gasteiger partial charge in [0.15, 0.2) is 5.82 Å². The molecule has 0 saturated carbocycles. The first-order valence-corrected chi connectivity index (χ1v) is 14.7. The number of anilines is 2. The van der Waals surface area contributed by atoms with Crippen LogP contribution in [-0.2, 0) is 22.9 Å². The van der Waals surface area contributed by atoms with E-state index in [0.29, 0.717) is 30.5 Å². The van der Waals surface area contributed by atoms with E-state index in [9.17, 15) is 75.8 Å². The van der Waals surface area contributed by atoms with Crippen molar-refractivity contribution in [1.29, 1.82) is 0 Å². The number of aromatic nitrogens is 1. The number of hydrogen-bond donors (Lipinski definition) is 1. The van der Waals surface area contributed by atoms with E-state index in [0.717, 1.165) is 30.3 Å². The van der Waals surface area contributed by atoms with Crippen LogP contribution in [0.2, 0.25) is 0 Å². The zero-order valence-corrected chi connectivity index (χ0v) is 27.1. The Balaban J connectivity index is 1.81. The Kier molecular flexibility index (Phi) is 11.1. The van der Waals surface area contributed by atoms with Crippen molar-refractivity contribution in [2.24, 2.45) is 0 Å². The molecule has 4 rings (SSSR count). The molecule has 1 heterocycles. The van der Waals surface area contributed by atoms with E-state index in [-0.39, 0.29) is 11.1 Å². The number of benzene rings is 3. The van der Waals surface area contributed by atoms with Crippen LogP contribution in [0.5, 0.6) is 0 Å². The molecule has 7 nitrogen and oxygen atoms in total. The van der Waals surface area contributed by atoms with Gasteiger partial charge in [0.2, 0.25) is 0 Å². The fraction of sp³-hybridized carbons (Fsp3) is 0.161. The maximum absolute atomic E-state index is 16.0. The highest BCUT2D eigenvalue weighted by Crippen LogP contribution is 2.55. The van der Waals surface area contributed by atoms with Crippen LogP contribution in [0, 0.1) is 11.6 Å². The highest BCUT2D eigenvalue weighted by Gasteiger charge is 2.73. The van der Waals surface area contributed by atoms with Gasteiger partial charge in [0.25, 0.3) is 11.8 Å². The van der Waals surface area contributed by atoms with E-state index < -0.39 is 115 Å². The highest BCUT2D eigenvalue weighted by molar-refractivity contribution is 9.10. The summed E-state index contributed by atoms with van der Waals surface area (Å²) in [7, 11) is 0. The Morgan fingerprint density at radius 2 is 1.30 bits per heavy atom. The van der Waals surface area contributed by atoms with Crippen LogP contribution >= 0.6 is 15.9 Å². The molecular weight excluding hydrogens is 843 g/mol. The molecule has 0 fully saturated rings. The van der Waals surface area contributed by atoms with Crippen molar-refractivity contribution in [3.63, 3.8) is 0 Å². The summed E-state index contributed by atoms with van der Waals surface area (Å²) < 4.78 is 204. The number of rotatable bonds is 6. The van der Waals surface area contributed by atoms with Gasteiger partial charge in [-0.05, 0) is 76.6 Å². The number of hydrogen-bond acceptors (Lipinski definition) is 5. The minimum absolute atomic E-state index is 0.219. The van der Waals surface area contributed by atoms with Crippen molar-refractivity contribution in [3.8, 4) is 0 Å². The monoisotopic (exact) mass is 855 g/mol. The Labute approximate surface area is 298 Å². The zero-order valence-electron chi connectivity index (χ0n) is 25.5. The average Bonchev–Trinajstić information content (AvgIpc) is 3.05. The lowest BCUT2D eigenvalue weighted by Gasteiger charge is -2.31. The molecule has 0 atom stereocenters. The number of nitrogens with one attached hydrogen (secondary N) is 1. The normalized spacial score (nSPS) is 12.7. The van der Waals surface area contributed by atoms with Crippen molar-refractivity contribution in [2.45, 2.75) is 30.4 Å². The lowest BCUT2D eigenvalue weighted by Crippen LogP contribution is -2.50. The van der Waals surface area contributed by atoms with E-state index in [1.165, 1.54) is 5.32 Å². The third-order valence-electron chi connectivity index (χ3n) is 6.99. The second-order valence-electron chi connectivity index (χ2n) is 10.5. The summed E-state index contributed by atoms with van der Waals surface area (Å²) in [5.41, 5.74) is -18.5. The summed E-state index contributed by atoms with van der Waals surface area (Å²) in [6.45, 7) is 0. The lowest BCUT2D eigenvalue weighted by molar-refractivity contribution is -0.348. The van der Waals surface area contributed by atoms with Gasteiger partial charge in [-0.25, -0.2) is 18.0 Å². The van der Waals surface area contributed by atoms with Gasteiger partial charge in [-0.15, -0.1) is 5.06 Å². The molecule has 0 aliphatic heterocycles. The second kappa shape index (κ2) is 14.5. The summed E-state index contributed by atoms with van der Waals surface area (Å²) in [6, 6.07) is 4.52. The molecule has 3 aromatic carbocycles. The number of carbonyl (C=O) groups is 3. The van der Waals surface area contributed by atoms with Crippen LogP contribution in [0.25, 0.3) is 0 Å². The quantitative estimate of drug-likeness (QED) is 0.154. The van der Waals surface area contributed by atoms with Crippen molar-refractivity contribution in [2.75, 3.05) is 10.4 Å². The summed E-state index contributed by atoms with van der Waals surface area (Å²) in [5.74, 6) is -7.92. The van der Waals surface area contributed by atoms with Gasteiger partial charge in [-0.3, -0.25) is 14.6 Å². The Morgan fingerprint density at radius 3 is 1.80 bits per heavy atom. The summed E-state index contributed by atoms with van der Waals surface area (Å²) in [5, 5.41) is 1.20. The second-order valence-corrected chi connectivity index (χ2v) is 11.4. The molecule has 1 N–H and O–H groups in total. The molecule has 0 unspecified atom stereocenters. The molecule has 23 heteroatoms. The predicted octanol–water partition coefficient (Wildman–Crippen LogP) is 10.1. The Bertz CT molecular complexity index is 2070. The molecular formula is C31H13BrF15N3O4. The molecule has 0 bridgehead atoms. The largest absolute Gasteiger partial charge is 0.435 e. The van der Waals surface area contributed by atoms with Gasteiger partial charge < -0.3 is 10.2 Å². The minimum atomic E-state index is -6.85. The number of pyridine rings is 1. The first-order valence-electron chi connectivity index (χ1n) is 13.9. The first-order chi connectivity index (χ1) is 24.7. The molecule has 0 saturated heterocycles. The summed E-state index contributed by atoms with van der Waals surface area (Å²) in [4.78, 5) is 47.3. The summed E-state index contributed by atoms with van der Waals surface area (Å²) >= 11 is 2.27. The van der Waals surface area contributed by atoms with E-state index in [4.69, 9.17) is 4.84 Å². The molecule has 288 valence electrons. The summed E-state index contributed by atoms with van der Waals surface area (Å²) in [6.07, 6.45) is -24.3. The maximum Gasteiger partial charge on any atom is 0.435 e. The van der Waals surface area contributed by atoms with Crippen LogP contribution in [0.1, 0.15) is 47.9 Å². The fourth-order valence-corrected chi connectivity index (χ4v) is 4.96. The molecule has 0 aliphatic rings. The molecule has 4 aromatic rings. The van der Waals surface area contributed by atoms with Crippen LogP contribution < -0.4 is 10.4 Å². The van der Waals surface area contributed by atoms with Gasteiger partial charge in [0.05, 0.1) is 27.9 Å². The zero-order chi connectivity index (χ0) is 40.8. The van der Waals surface area contributed by atoms with Crippen LogP contribution in [-0.4, -0.2) is 35.1 Å². The van der Waals surface area contributed by atoms with Gasteiger partial charge in [-0.1, -0.05) is 6.07 Å². The third kappa shape index (κ3) is 8.24. The number of hydroxylamine groups is 1. The van der Waals surface area contributed by atoms with Crippen molar-refractivity contribution in [3.05, 3.63) is 123 Å².